The number of nitrogens with one attached hydrogen (secondary N) is 1. The van der Waals surface area contributed by atoms with Crippen LogP contribution in [0.25, 0.3) is 10.2 Å². The van der Waals surface area contributed by atoms with Gasteiger partial charge in [0.15, 0.2) is 5.13 Å². The quantitative estimate of drug-likeness (QED) is 0.758. The second-order valence-electron chi connectivity index (χ2n) is 5.19. The molecule has 1 N–H and O–H groups in total. The molecule has 0 spiro atoms. The molecule has 1 heterocycles. The highest BCUT2D eigenvalue weighted by Gasteiger charge is 2.11. The summed E-state index contributed by atoms with van der Waals surface area (Å²) in [6.45, 7) is 6.07. The Kier molecular flexibility index (Phi) is 3.47. The van der Waals surface area contributed by atoms with Crippen molar-refractivity contribution >= 4 is 32.6 Å². The summed E-state index contributed by atoms with van der Waals surface area (Å²) in [5.41, 5.74) is 5.03. The van der Waals surface area contributed by atoms with Gasteiger partial charge in [-0.05, 0) is 55.7 Å². The number of benzene rings is 2. The smallest absolute Gasteiger partial charge is 0.257 e. The molecule has 2 aromatic carbocycles. The maximum absolute atomic E-state index is 12.3. The van der Waals surface area contributed by atoms with Gasteiger partial charge in [-0.15, -0.1) is 0 Å². The van der Waals surface area contributed by atoms with Crippen LogP contribution in [0.2, 0.25) is 0 Å². The van der Waals surface area contributed by atoms with Crippen molar-refractivity contribution in [2.75, 3.05) is 5.32 Å². The van der Waals surface area contributed by atoms with Crippen LogP contribution in [0.15, 0.2) is 36.4 Å². The number of amides is 1. The summed E-state index contributed by atoms with van der Waals surface area (Å²) < 4.78 is 1.09. The number of anilines is 1. The molecule has 106 valence electrons. The number of nitrogens with zero attached hydrogens (tertiary/aromatic N) is 1. The molecule has 0 aliphatic rings. The van der Waals surface area contributed by atoms with Crippen LogP contribution in [-0.2, 0) is 0 Å². The summed E-state index contributed by atoms with van der Waals surface area (Å²) in [6, 6.07) is 11.8. The number of aryl methyl sites for hydroxylation is 3. The Morgan fingerprint density at radius 2 is 1.86 bits per heavy atom. The predicted octanol–water partition coefficient (Wildman–Crippen LogP) is 4.47. The van der Waals surface area contributed by atoms with E-state index in [1.807, 2.05) is 57.2 Å². The standard InChI is InChI=1S/C17H16N2OS/c1-10-7-8-13(9-12(10)3)16(20)19-17-18-15-11(2)5-4-6-14(15)21-17/h4-9H,1-3H3,(H,18,19,20). The largest absolute Gasteiger partial charge is 0.298 e. The van der Waals surface area contributed by atoms with E-state index in [1.54, 1.807) is 0 Å². The molecule has 0 atom stereocenters. The maximum Gasteiger partial charge on any atom is 0.257 e. The van der Waals surface area contributed by atoms with Crippen LogP contribution < -0.4 is 5.32 Å². The fourth-order valence-corrected chi connectivity index (χ4v) is 3.13. The Morgan fingerprint density at radius 1 is 1.05 bits per heavy atom. The van der Waals surface area contributed by atoms with Crippen LogP contribution in [-0.4, -0.2) is 10.9 Å². The van der Waals surface area contributed by atoms with Gasteiger partial charge in [0.05, 0.1) is 10.2 Å². The highest BCUT2D eigenvalue weighted by Crippen LogP contribution is 2.28. The van der Waals surface area contributed by atoms with Gasteiger partial charge in [-0.3, -0.25) is 10.1 Å². The van der Waals surface area contributed by atoms with E-state index < -0.39 is 0 Å². The topological polar surface area (TPSA) is 42.0 Å². The number of aromatic nitrogens is 1. The average Bonchev–Trinajstić information content (AvgIpc) is 2.86. The predicted molar refractivity (Wildman–Crippen MR) is 88.2 cm³/mol. The van der Waals surface area contributed by atoms with E-state index in [4.69, 9.17) is 0 Å². The molecule has 1 amide bonds. The first-order chi connectivity index (χ1) is 10.0. The Morgan fingerprint density at radius 3 is 2.57 bits per heavy atom. The van der Waals surface area contributed by atoms with Crippen LogP contribution in [0.3, 0.4) is 0 Å². The van der Waals surface area contributed by atoms with E-state index in [0.29, 0.717) is 10.7 Å². The number of thiazole rings is 1. The van der Waals surface area contributed by atoms with Crippen molar-refractivity contribution in [3.63, 3.8) is 0 Å². The molecule has 3 rings (SSSR count). The average molecular weight is 296 g/mol. The first-order valence-corrected chi connectivity index (χ1v) is 7.61. The van der Waals surface area contributed by atoms with Crippen LogP contribution in [0.4, 0.5) is 5.13 Å². The van der Waals surface area contributed by atoms with Crippen molar-refractivity contribution in [3.05, 3.63) is 58.7 Å². The normalized spacial score (nSPS) is 10.8. The zero-order valence-corrected chi connectivity index (χ0v) is 13.0. The van der Waals surface area contributed by atoms with Gasteiger partial charge in [-0.2, -0.15) is 0 Å². The van der Waals surface area contributed by atoms with E-state index in [9.17, 15) is 4.79 Å². The number of rotatable bonds is 2. The van der Waals surface area contributed by atoms with E-state index in [2.05, 4.69) is 10.3 Å². The number of fused-ring (bicyclic) bond motifs is 1. The first-order valence-electron chi connectivity index (χ1n) is 6.79. The second kappa shape index (κ2) is 5.30. The first kappa shape index (κ1) is 13.8. The number of para-hydroxylation sites is 1. The van der Waals surface area contributed by atoms with Crippen molar-refractivity contribution in [3.8, 4) is 0 Å². The van der Waals surface area contributed by atoms with E-state index in [-0.39, 0.29) is 5.91 Å². The van der Waals surface area contributed by atoms with Gasteiger partial charge in [0, 0.05) is 5.56 Å². The van der Waals surface area contributed by atoms with Gasteiger partial charge in [-0.1, -0.05) is 29.5 Å². The minimum atomic E-state index is -0.116. The van der Waals surface area contributed by atoms with Crippen molar-refractivity contribution in [2.45, 2.75) is 20.8 Å². The van der Waals surface area contributed by atoms with Crippen molar-refractivity contribution in [1.29, 1.82) is 0 Å². The summed E-state index contributed by atoms with van der Waals surface area (Å²) in [4.78, 5) is 16.8. The molecule has 0 unspecified atom stereocenters. The van der Waals surface area contributed by atoms with Gasteiger partial charge in [0.1, 0.15) is 0 Å². The third-order valence-corrected chi connectivity index (χ3v) is 4.55. The Hall–Kier alpha value is -2.20. The van der Waals surface area contributed by atoms with Gasteiger partial charge < -0.3 is 0 Å². The highest BCUT2D eigenvalue weighted by atomic mass is 32.1. The summed E-state index contributed by atoms with van der Waals surface area (Å²) in [6.07, 6.45) is 0. The van der Waals surface area contributed by atoms with Gasteiger partial charge in [-0.25, -0.2) is 4.98 Å². The highest BCUT2D eigenvalue weighted by molar-refractivity contribution is 7.22. The molecule has 0 saturated carbocycles. The van der Waals surface area contributed by atoms with Crippen LogP contribution in [0.5, 0.6) is 0 Å². The summed E-state index contributed by atoms with van der Waals surface area (Å²) in [5.74, 6) is -0.116. The molecule has 21 heavy (non-hydrogen) atoms. The minimum Gasteiger partial charge on any atom is -0.298 e. The zero-order chi connectivity index (χ0) is 15.0. The lowest BCUT2D eigenvalue weighted by Gasteiger charge is -2.04. The maximum atomic E-state index is 12.3. The fraction of sp³-hybridized carbons (Fsp3) is 0.176. The monoisotopic (exact) mass is 296 g/mol. The minimum absolute atomic E-state index is 0.116. The molecule has 0 aliphatic heterocycles. The number of hydrogen-bond donors (Lipinski definition) is 1. The number of carbonyl (C=O) groups excluding carboxylic acids is 1. The molecule has 0 fully saturated rings. The molecule has 1 aromatic heterocycles. The molecule has 3 aromatic rings. The van der Waals surface area contributed by atoms with Crippen molar-refractivity contribution < 1.29 is 4.79 Å². The molecule has 3 nitrogen and oxygen atoms in total. The Balaban J connectivity index is 1.89. The van der Waals surface area contributed by atoms with Crippen LogP contribution >= 0.6 is 11.3 Å². The molecule has 0 bridgehead atoms. The van der Waals surface area contributed by atoms with Crippen molar-refractivity contribution in [1.82, 2.24) is 4.98 Å². The third kappa shape index (κ3) is 2.67. The molecule has 4 heteroatoms. The van der Waals surface area contributed by atoms with Gasteiger partial charge >= 0.3 is 0 Å². The number of hydrogen-bond acceptors (Lipinski definition) is 3. The molecule has 0 aliphatic carbocycles. The van der Waals surface area contributed by atoms with E-state index in [0.717, 1.165) is 21.3 Å². The Labute approximate surface area is 127 Å². The molecule has 0 saturated heterocycles. The summed E-state index contributed by atoms with van der Waals surface area (Å²) in [5, 5.41) is 3.53. The number of carbonyl (C=O) groups is 1. The second-order valence-corrected chi connectivity index (χ2v) is 6.22. The van der Waals surface area contributed by atoms with Gasteiger partial charge in [0.2, 0.25) is 0 Å². The fourth-order valence-electron chi connectivity index (χ4n) is 2.19. The summed E-state index contributed by atoms with van der Waals surface area (Å²) >= 11 is 1.50. The lowest BCUT2D eigenvalue weighted by Crippen LogP contribution is -2.11. The van der Waals surface area contributed by atoms with Crippen molar-refractivity contribution in [2.24, 2.45) is 0 Å². The summed E-state index contributed by atoms with van der Waals surface area (Å²) in [7, 11) is 0. The third-order valence-electron chi connectivity index (χ3n) is 3.61. The molecule has 0 radical (unpaired) electrons. The Bertz CT molecular complexity index is 836. The lowest BCUT2D eigenvalue weighted by atomic mass is 10.1. The van der Waals surface area contributed by atoms with E-state index >= 15 is 0 Å². The lowest BCUT2D eigenvalue weighted by molar-refractivity contribution is 0.102. The van der Waals surface area contributed by atoms with Gasteiger partial charge in [0.25, 0.3) is 5.91 Å². The zero-order valence-electron chi connectivity index (χ0n) is 12.2. The van der Waals surface area contributed by atoms with E-state index in [1.165, 1.54) is 16.9 Å². The SMILES string of the molecule is Cc1ccc(C(=O)Nc2nc3c(C)cccc3s2)cc1C. The van der Waals surface area contributed by atoms with Crippen LogP contribution in [0.1, 0.15) is 27.0 Å². The van der Waals surface area contributed by atoms with Crippen LogP contribution in [0, 0.1) is 20.8 Å². The molecular formula is C17H16N2OS. The molecular weight excluding hydrogens is 280 g/mol.